The van der Waals surface area contributed by atoms with Crippen LogP contribution in [0.1, 0.15) is 16.7 Å². The summed E-state index contributed by atoms with van der Waals surface area (Å²) in [5.74, 6) is 0.466. The first-order valence-corrected chi connectivity index (χ1v) is 9.91. The van der Waals surface area contributed by atoms with Gasteiger partial charge < -0.3 is 15.0 Å². The predicted molar refractivity (Wildman–Crippen MR) is 121 cm³/mol. The molecular weight excluding hydrogens is 378 g/mol. The quantitative estimate of drug-likeness (QED) is 0.611. The fourth-order valence-corrected chi connectivity index (χ4v) is 3.06. The number of anilines is 1. The van der Waals surface area contributed by atoms with Gasteiger partial charge in [-0.15, -0.1) is 0 Å². The van der Waals surface area contributed by atoms with E-state index in [9.17, 15) is 9.59 Å². The first-order valence-electron chi connectivity index (χ1n) is 9.91. The van der Waals surface area contributed by atoms with E-state index in [0.717, 1.165) is 28.1 Å². The van der Waals surface area contributed by atoms with Gasteiger partial charge in [-0.25, -0.2) is 0 Å². The van der Waals surface area contributed by atoms with Gasteiger partial charge in [0.15, 0.2) is 0 Å². The minimum absolute atomic E-state index is 0.00971. The number of likely N-dealkylation sites (N-methyl/N-ethyl adjacent to an activating group) is 2. The second-order valence-electron chi connectivity index (χ2n) is 7.48. The maximum Gasteiger partial charge on any atom is 0.243 e. The number of carbonyl (C=O) groups excluding carboxylic acids is 2. The van der Waals surface area contributed by atoms with Gasteiger partial charge in [0.05, 0.1) is 13.1 Å². The van der Waals surface area contributed by atoms with E-state index in [-0.39, 0.29) is 24.9 Å². The molecule has 0 saturated carbocycles. The number of nitrogens with one attached hydrogen (secondary N) is 1. The zero-order valence-electron chi connectivity index (χ0n) is 18.3. The molecule has 6 nitrogen and oxygen atoms in total. The Morgan fingerprint density at radius 3 is 2.27 bits per heavy atom. The molecule has 0 bridgehead atoms. The monoisotopic (exact) mass is 409 g/mol. The molecule has 0 heterocycles. The number of hydrogen-bond acceptors (Lipinski definition) is 4. The first-order chi connectivity index (χ1) is 14.3. The van der Waals surface area contributed by atoms with Crippen LogP contribution in [0, 0.1) is 13.8 Å². The Labute approximate surface area is 179 Å². The summed E-state index contributed by atoms with van der Waals surface area (Å²) < 4.78 is 5.48. The summed E-state index contributed by atoms with van der Waals surface area (Å²) >= 11 is 0. The molecule has 2 aromatic carbocycles. The van der Waals surface area contributed by atoms with Crippen molar-refractivity contribution in [3.63, 3.8) is 0 Å². The molecule has 2 amide bonds. The van der Waals surface area contributed by atoms with Gasteiger partial charge in [0.2, 0.25) is 11.8 Å². The molecule has 0 radical (unpaired) electrons. The Bertz CT molecular complexity index is 858. The number of nitrogens with zero attached hydrogens (tertiary/aromatic N) is 2. The average Bonchev–Trinajstić information content (AvgIpc) is 2.70. The molecular formula is C24H31N3O3. The van der Waals surface area contributed by atoms with Crippen LogP contribution in [-0.4, -0.2) is 55.4 Å². The van der Waals surface area contributed by atoms with Gasteiger partial charge in [-0.2, -0.15) is 0 Å². The maximum absolute atomic E-state index is 12.5. The lowest BCUT2D eigenvalue weighted by Gasteiger charge is -2.22. The zero-order chi connectivity index (χ0) is 22.1. The number of para-hydroxylation sites is 1. The van der Waals surface area contributed by atoms with Gasteiger partial charge in [-0.1, -0.05) is 43.0 Å². The maximum atomic E-state index is 12.5. The summed E-state index contributed by atoms with van der Waals surface area (Å²) in [4.78, 5) is 28.3. The van der Waals surface area contributed by atoms with E-state index >= 15 is 0 Å². The summed E-state index contributed by atoms with van der Waals surface area (Å²) in [6, 6.07) is 13.6. The Morgan fingerprint density at radius 1 is 1.03 bits per heavy atom. The minimum atomic E-state index is -0.207. The van der Waals surface area contributed by atoms with Crippen molar-refractivity contribution in [2.24, 2.45) is 0 Å². The standard InChI is InChI=1S/C24H31N3O3/c1-6-14-30-21-12-10-20(11-13-21)15-26(4)17-23(29)27(5)16-22(28)25-24-18(2)8-7-9-19(24)3/h6-13H,1,14-17H2,2-5H3,(H,25,28). The van der Waals surface area contributed by atoms with Gasteiger partial charge >= 0.3 is 0 Å². The van der Waals surface area contributed by atoms with Crippen LogP contribution in [-0.2, 0) is 16.1 Å². The van der Waals surface area contributed by atoms with Crippen LogP contribution in [0.5, 0.6) is 5.75 Å². The van der Waals surface area contributed by atoms with Crippen LogP contribution in [0.25, 0.3) is 0 Å². The second kappa shape index (κ2) is 11.2. The van der Waals surface area contributed by atoms with E-state index in [1.165, 1.54) is 4.90 Å². The molecule has 0 saturated heterocycles. The smallest absolute Gasteiger partial charge is 0.243 e. The van der Waals surface area contributed by atoms with Gasteiger partial charge in [-0.05, 0) is 49.7 Å². The fraction of sp³-hybridized carbons (Fsp3) is 0.333. The van der Waals surface area contributed by atoms with Gasteiger partial charge in [-0.3, -0.25) is 14.5 Å². The third-order valence-electron chi connectivity index (χ3n) is 4.70. The molecule has 0 fully saturated rings. The summed E-state index contributed by atoms with van der Waals surface area (Å²) in [6.45, 7) is 8.85. The number of benzene rings is 2. The number of hydrogen-bond donors (Lipinski definition) is 1. The van der Waals surface area contributed by atoms with Gasteiger partial charge in [0, 0.05) is 19.3 Å². The third kappa shape index (κ3) is 7.04. The van der Waals surface area contributed by atoms with Crippen LogP contribution < -0.4 is 10.1 Å². The third-order valence-corrected chi connectivity index (χ3v) is 4.70. The summed E-state index contributed by atoms with van der Waals surface area (Å²) in [7, 11) is 3.52. The van der Waals surface area contributed by atoms with Crippen LogP contribution >= 0.6 is 0 Å². The molecule has 0 aromatic heterocycles. The van der Waals surface area contributed by atoms with E-state index in [4.69, 9.17) is 4.74 Å². The van der Waals surface area contributed by atoms with E-state index in [0.29, 0.717) is 13.2 Å². The summed E-state index contributed by atoms with van der Waals surface area (Å²) in [5.41, 5.74) is 3.88. The van der Waals surface area contributed by atoms with Crippen molar-refractivity contribution in [2.45, 2.75) is 20.4 Å². The van der Waals surface area contributed by atoms with Crippen molar-refractivity contribution < 1.29 is 14.3 Å². The topological polar surface area (TPSA) is 61.9 Å². The van der Waals surface area contributed by atoms with E-state index in [1.807, 2.05) is 68.3 Å². The molecule has 0 atom stereocenters. The van der Waals surface area contributed by atoms with Crippen molar-refractivity contribution in [1.29, 1.82) is 0 Å². The Hall–Kier alpha value is -3.12. The van der Waals surface area contributed by atoms with Crippen molar-refractivity contribution in [3.05, 3.63) is 71.8 Å². The minimum Gasteiger partial charge on any atom is -0.490 e. The molecule has 6 heteroatoms. The summed E-state index contributed by atoms with van der Waals surface area (Å²) in [5, 5.41) is 2.91. The fourth-order valence-electron chi connectivity index (χ4n) is 3.06. The first kappa shape index (κ1) is 23.2. The Balaban J connectivity index is 1.82. The molecule has 0 aliphatic heterocycles. The number of ether oxygens (including phenoxy) is 1. The Morgan fingerprint density at radius 2 is 1.67 bits per heavy atom. The highest BCUT2D eigenvalue weighted by atomic mass is 16.5. The molecule has 1 N–H and O–H groups in total. The van der Waals surface area contributed by atoms with Crippen LogP contribution in [0.3, 0.4) is 0 Å². The highest BCUT2D eigenvalue weighted by Crippen LogP contribution is 2.19. The van der Waals surface area contributed by atoms with Gasteiger partial charge in [0.1, 0.15) is 12.4 Å². The van der Waals surface area contributed by atoms with Crippen LogP contribution in [0.4, 0.5) is 5.69 Å². The SMILES string of the molecule is C=CCOc1ccc(CN(C)CC(=O)N(C)CC(=O)Nc2c(C)cccc2C)cc1. The van der Waals surface area contributed by atoms with Crippen molar-refractivity contribution >= 4 is 17.5 Å². The molecule has 2 rings (SSSR count). The number of carbonyl (C=O) groups is 2. The zero-order valence-corrected chi connectivity index (χ0v) is 18.3. The van der Waals surface area contributed by atoms with Crippen LogP contribution in [0.2, 0.25) is 0 Å². The van der Waals surface area contributed by atoms with Gasteiger partial charge in [0.25, 0.3) is 0 Å². The lowest BCUT2D eigenvalue weighted by atomic mass is 10.1. The lowest BCUT2D eigenvalue weighted by Crippen LogP contribution is -2.40. The molecule has 0 aliphatic rings. The largest absolute Gasteiger partial charge is 0.490 e. The predicted octanol–water partition coefficient (Wildman–Crippen LogP) is 3.40. The molecule has 0 spiro atoms. The van der Waals surface area contributed by atoms with E-state index in [2.05, 4.69) is 11.9 Å². The van der Waals surface area contributed by atoms with Crippen molar-refractivity contribution in [1.82, 2.24) is 9.80 Å². The number of rotatable bonds is 10. The molecule has 30 heavy (non-hydrogen) atoms. The number of aryl methyl sites for hydroxylation is 2. The lowest BCUT2D eigenvalue weighted by molar-refractivity contribution is -0.134. The second-order valence-corrected chi connectivity index (χ2v) is 7.48. The highest BCUT2D eigenvalue weighted by Gasteiger charge is 2.16. The molecule has 0 aliphatic carbocycles. The number of amides is 2. The van der Waals surface area contributed by atoms with Crippen molar-refractivity contribution in [2.75, 3.05) is 39.1 Å². The molecule has 0 unspecified atom stereocenters. The van der Waals surface area contributed by atoms with E-state index < -0.39 is 0 Å². The van der Waals surface area contributed by atoms with E-state index in [1.54, 1.807) is 13.1 Å². The normalized spacial score (nSPS) is 10.6. The average molecular weight is 410 g/mol. The molecule has 160 valence electrons. The van der Waals surface area contributed by atoms with Crippen LogP contribution in [0.15, 0.2) is 55.1 Å². The molecule has 2 aromatic rings. The highest BCUT2D eigenvalue weighted by molar-refractivity contribution is 5.95. The van der Waals surface area contributed by atoms with Crippen molar-refractivity contribution in [3.8, 4) is 5.75 Å². The summed E-state index contributed by atoms with van der Waals surface area (Å²) in [6.07, 6.45) is 1.70. The Kier molecular flexibility index (Phi) is 8.62.